The van der Waals surface area contributed by atoms with Crippen LogP contribution in [0.1, 0.15) is 32.4 Å². The third-order valence-corrected chi connectivity index (χ3v) is 4.53. The lowest BCUT2D eigenvalue weighted by atomic mass is 9.91. The minimum atomic E-state index is 0.0844. The molecular formula is C19H25N5O. The first-order valence-electron chi connectivity index (χ1n) is 8.90. The predicted octanol–water partition coefficient (Wildman–Crippen LogP) is 3.05. The second kappa shape index (κ2) is 8.05. The number of piperidine rings is 1. The first-order chi connectivity index (χ1) is 12.1. The van der Waals surface area contributed by atoms with E-state index in [1.54, 1.807) is 18.5 Å². The zero-order valence-electron chi connectivity index (χ0n) is 14.9. The van der Waals surface area contributed by atoms with Crippen LogP contribution in [0.15, 0.2) is 36.7 Å². The lowest BCUT2D eigenvalue weighted by molar-refractivity contribution is -0.135. The van der Waals surface area contributed by atoms with Crippen LogP contribution in [0, 0.1) is 11.8 Å². The van der Waals surface area contributed by atoms with Gasteiger partial charge in [-0.25, -0.2) is 15.0 Å². The third kappa shape index (κ3) is 4.75. The molecule has 0 radical (unpaired) electrons. The molecule has 6 heteroatoms. The van der Waals surface area contributed by atoms with Crippen LogP contribution in [0.4, 0.5) is 11.8 Å². The Kier molecular flexibility index (Phi) is 5.58. The van der Waals surface area contributed by atoms with E-state index in [1.165, 1.54) is 0 Å². The van der Waals surface area contributed by atoms with Crippen molar-refractivity contribution in [1.82, 2.24) is 19.9 Å². The molecule has 3 rings (SSSR count). The molecule has 0 unspecified atom stereocenters. The van der Waals surface area contributed by atoms with Crippen molar-refractivity contribution in [3.05, 3.63) is 42.4 Å². The highest BCUT2D eigenvalue weighted by molar-refractivity contribution is 5.78. The lowest BCUT2D eigenvalue weighted by Gasteiger charge is -2.33. The van der Waals surface area contributed by atoms with E-state index in [0.717, 1.165) is 43.9 Å². The van der Waals surface area contributed by atoms with Gasteiger partial charge in [0.1, 0.15) is 5.82 Å². The summed E-state index contributed by atoms with van der Waals surface area (Å²) in [6.45, 7) is 5.65. The van der Waals surface area contributed by atoms with E-state index in [1.807, 2.05) is 30.9 Å². The average Bonchev–Trinajstić information content (AvgIpc) is 2.63. The number of rotatable bonds is 5. The van der Waals surface area contributed by atoms with Crippen LogP contribution < -0.4 is 5.32 Å². The smallest absolute Gasteiger partial charge is 0.228 e. The van der Waals surface area contributed by atoms with Gasteiger partial charge < -0.3 is 10.2 Å². The number of likely N-dealkylation sites (tertiary alicyclic amines) is 1. The average molecular weight is 339 g/mol. The third-order valence-electron chi connectivity index (χ3n) is 4.53. The van der Waals surface area contributed by atoms with Crippen LogP contribution in [0.5, 0.6) is 0 Å². The first kappa shape index (κ1) is 17.3. The van der Waals surface area contributed by atoms with E-state index < -0.39 is 0 Å². The van der Waals surface area contributed by atoms with Crippen LogP contribution in [-0.2, 0) is 11.2 Å². The second-order valence-corrected chi connectivity index (χ2v) is 6.84. The summed E-state index contributed by atoms with van der Waals surface area (Å²) in [6, 6.07) is 7.77. The Hall–Kier alpha value is -2.50. The van der Waals surface area contributed by atoms with Crippen LogP contribution in [0.3, 0.4) is 0 Å². The molecule has 1 saturated heterocycles. The van der Waals surface area contributed by atoms with Crippen molar-refractivity contribution in [2.24, 2.45) is 11.8 Å². The number of carbonyl (C=O) groups excluding carboxylic acids is 1. The molecule has 1 aliphatic rings. The standard InChI is InChI=1S/C19H25N5O/c1-14(2)18(25)24-11-7-15(8-12-24)13-16-5-3-6-17(22-16)23-19-20-9-4-10-21-19/h3-6,9-10,14-15H,7-8,11-13H2,1-2H3,(H,20,21,22,23). The number of amides is 1. The summed E-state index contributed by atoms with van der Waals surface area (Å²) in [5.74, 6) is 2.24. The van der Waals surface area contributed by atoms with Crippen molar-refractivity contribution in [3.8, 4) is 0 Å². The summed E-state index contributed by atoms with van der Waals surface area (Å²) >= 11 is 0. The van der Waals surface area contributed by atoms with Gasteiger partial charge in [0.2, 0.25) is 11.9 Å². The quantitative estimate of drug-likeness (QED) is 0.906. The molecule has 0 aromatic carbocycles. The maximum absolute atomic E-state index is 12.1. The van der Waals surface area contributed by atoms with Gasteiger partial charge in [-0.15, -0.1) is 0 Å². The number of nitrogens with zero attached hydrogens (tertiary/aromatic N) is 4. The first-order valence-corrected chi connectivity index (χ1v) is 8.90. The van der Waals surface area contributed by atoms with E-state index >= 15 is 0 Å². The van der Waals surface area contributed by atoms with Crippen LogP contribution in [0.25, 0.3) is 0 Å². The highest BCUT2D eigenvalue weighted by atomic mass is 16.2. The largest absolute Gasteiger partial charge is 0.342 e. The molecule has 1 N–H and O–H groups in total. The Morgan fingerprint density at radius 2 is 1.92 bits per heavy atom. The monoisotopic (exact) mass is 339 g/mol. The van der Waals surface area contributed by atoms with Gasteiger partial charge in [-0.3, -0.25) is 4.79 Å². The molecule has 1 fully saturated rings. The van der Waals surface area contributed by atoms with Crippen molar-refractivity contribution in [3.63, 3.8) is 0 Å². The van der Waals surface area contributed by atoms with Gasteiger partial charge in [0.25, 0.3) is 0 Å². The number of anilines is 2. The summed E-state index contributed by atoms with van der Waals surface area (Å²) in [5.41, 5.74) is 1.06. The van der Waals surface area contributed by atoms with E-state index in [9.17, 15) is 4.79 Å². The SMILES string of the molecule is CC(C)C(=O)N1CCC(Cc2cccc(Nc3ncccn3)n2)CC1. The fourth-order valence-electron chi connectivity index (χ4n) is 3.16. The van der Waals surface area contributed by atoms with Crippen LogP contribution in [0.2, 0.25) is 0 Å². The Labute approximate surface area is 148 Å². The molecule has 3 heterocycles. The molecule has 0 bridgehead atoms. The molecule has 25 heavy (non-hydrogen) atoms. The number of aromatic nitrogens is 3. The van der Waals surface area contributed by atoms with Gasteiger partial charge in [0, 0.05) is 37.1 Å². The van der Waals surface area contributed by atoms with Crippen molar-refractivity contribution in [2.75, 3.05) is 18.4 Å². The summed E-state index contributed by atoms with van der Waals surface area (Å²) in [5, 5.41) is 3.13. The molecule has 1 amide bonds. The Morgan fingerprint density at radius 3 is 2.60 bits per heavy atom. The minimum absolute atomic E-state index is 0.0844. The maximum Gasteiger partial charge on any atom is 0.228 e. The van der Waals surface area contributed by atoms with Gasteiger partial charge >= 0.3 is 0 Å². The topological polar surface area (TPSA) is 71.0 Å². The lowest BCUT2D eigenvalue weighted by Crippen LogP contribution is -2.41. The predicted molar refractivity (Wildman–Crippen MR) is 97.4 cm³/mol. The normalized spacial score (nSPS) is 15.4. The van der Waals surface area contributed by atoms with E-state index in [4.69, 9.17) is 0 Å². The number of carbonyl (C=O) groups is 1. The van der Waals surface area contributed by atoms with Gasteiger partial charge in [-0.2, -0.15) is 0 Å². The van der Waals surface area contributed by atoms with Gasteiger partial charge in [-0.1, -0.05) is 19.9 Å². The molecule has 1 aliphatic heterocycles. The Morgan fingerprint density at radius 1 is 1.20 bits per heavy atom. The molecular weight excluding hydrogens is 314 g/mol. The van der Waals surface area contributed by atoms with Gasteiger partial charge in [-0.05, 0) is 43.4 Å². The minimum Gasteiger partial charge on any atom is -0.342 e. The van der Waals surface area contributed by atoms with Crippen molar-refractivity contribution >= 4 is 17.7 Å². The zero-order chi connectivity index (χ0) is 17.6. The van der Waals surface area contributed by atoms with Crippen LogP contribution >= 0.6 is 0 Å². The van der Waals surface area contributed by atoms with E-state index in [-0.39, 0.29) is 11.8 Å². The van der Waals surface area contributed by atoms with E-state index in [2.05, 4.69) is 26.3 Å². The summed E-state index contributed by atoms with van der Waals surface area (Å²) < 4.78 is 0. The van der Waals surface area contributed by atoms with Crippen LogP contribution in [-0.4, -0.2) is 38.8 Å². The molecule has 2 aromatic rings. The molecule has 2 aromatic heterocycles. The number of nitrogens with one attached hydrogen (secondary N) is 1. The Bertz CT molecular complexity index is 696. The Balaban J connectivity index is 1.55. The molecule has 0 saturated carbocycles. The number of pyridine rings is 1. The van der Waals surface area contributed by atoms with E-state index in [0.29, 0.717) is 11.9 Å². The van der Waals surface area contributed by atoms with Crippen molar-refractivity contribution in [1.29, 1.82) is 0 Å². The summed E-state index contributed by atoms with van der Waals surface area (Å²) in [4.78, 5) is 27.1. The highest BCUT2D eigenvalue weighted by Gasteiger charge is 2.24. The van der Waals surface area contributed by atoms with Gasteiger partial charge in [0.05, 0.1) is 0 Å². The second-order valence-electron chi connectivity index (χ2n) is 6.84. The molecule has 0 spiro atoms. The highest BCUT2D eigenvalue weighted by Crippen LogP contribution is 2.23. The summed E-state index contributed by atoms with van der Waals surface area (Å²) in [6.07, 6.45) is 6.42. The summed E-state index contributed by atoms with van der Waals surface area (Å²) in [7, 11) is 0. The molecule has 6 nitrogen and oxygen atoms in total. The van der Waals surface area contributed by atoms with Crippen molar-refractivity contribution in [2.45, 2.75) is 33.1 Å². The number of hydrogen-bond acceptors (Lipinski definition) is 5. The fraction of sp³-hybridized carbons (Fsp3) is 0.474. The fourth-order valence-corrected chi connectivity index (χ4v) is 3.16. The zero-order valence-corrected chi connectivity index (χ0v) is 14.9. The molecule has 132 valence electrons. The number of hydrogen-bond donors (Lipinski definition) is 1. The molecule has 0 aliphatic carbocycles. The maximum atomic E-state index is 12.1. The van der Waals surface area contributed by atoms with Crippen molar-refractivity contribution < 1.29 is 4.79 Å². The molecule has 0 atom stereocenters. The van der Waals surface area contributed by atoms with Gasteiger partial charge in [0.15, 0.2) is 0 Å².